The van der Waals surface area contributed by atoms with Gasteiger partial charge in [-0.05, 0) is 24.3 Å². The Bertz CT molecular complexity index is 1140. The lowest BCUT2D eigenvalue weighted by Crippen LogP contribution is -2.28. The molecule has 0 aliphatic rings. The molecular formula is C20H20N4O5. The normalized spacial score (nSPS) is 10.4. The SMILES string of the molecule is COc1cc2ncn(CC(=O)Nc3cccc(NC(C)=O)c3)c(=O)c2cc1OC. The average Bonchev–Trinajstić information content (AvgIpc) is 2.69. The second-order valence-corrected chi connectivity index (χ2v) is 6.21. The minimum atomic E-state index is -0.409. The molecule has 0 aliphatic carbocycles. The van der Waals surface area contributed by atoms with Crippen molar-refractivity contribution in [2.24, 2.45) is 0 Å². The number of carbonyl (C=O) groups excluding carboxylic acids is 2. The van der Waals surface area contributed by atoms with E-state index in [9.17, 15) is 14.4 Å². The smallest absolute Gasteiger partial charge is 0.261 e. The van der Waals surface area contributed by atoms with Gasteiger partial charge in [-0.15, -0.1) is 0 Å². The fourth-order valence-electron chi connectivity index (χ4n) is 2.83. The number of hydrogen-bond acceptors (Lipinski definition) is 6. The molecule has 3 rings (SSSR count). The van der Waals surface area contributed by atoms with E-state index in [-0.39, 0.29) is 18.0 Å². The van der Waals surface area contributed by atoms with E-state index in [1.54, 1.807) is 30.3 Å². The zero-order chi connectivity index (χ0) is 21.0. The van der Waals surface area contributed by atoms with Crippen molar-refractivity contribution in [3.05, 3.63) is 53.1 Å². The first kappa shape index (κ1) is 19.9. The summed E-state index contributed by atoms with van der Waals surface area (Å²) in [6.45, 7) is 1.18. The number of nitrogens with zero attached hydrogens (tertiary/aromatic N) is 2. The van der Waals surface area contributed by atoms with Crippen LogP contribution in [0.15, 0.2) is 47.5 Å². The van der Waals surface area contributed by atoms with Crippen molar-refractivity contribution in [1.82, 2.24) is 9.55 Å². The van der Waals surface area contributed by atoms with Crippen LogP contribution in [0.1, 0.15) is 6.92 Å². The summed E-state index contributed by atoms with van der Waals surface area (Å²) in [4.78, 5) is 40.5. The second-order valence-electron chi connectivity index (χ2n) is 6.21. The summed E-state index contributed by atoms with van der Waals surface area (Å²) in [7, 11) is 2.97. The molecule has 0 atom stereocenters. The number of hydrogen-bond donors (Lipinski definition) is 2. The predicted octanol–water partition coefficient (Wildman–Crippen LogP) is 2.01. The fourth-order valence-corrected chi connectivity index (χ4v) is 2.83. The fraction of sp³-hybridized carbons (Fsp3) is 0.200. The highest BCUT2D eigenvalue weighted by atomic mass is 16.5. The first-order valence-electron chi connectivity index (χ1n) is 8.70. The number of amides is 2. The Hall–Kier alpha value is -3.88. The van der Waals surface area contributed by atoms with E-state index in [0.29, 0.717) is 33.8 Å². The molecule has 2 N–H and O–H groups in total. The third-order valence-electron chi connectivity index (χ3n) is 4.11. The maximum absolute atomic E-state index is 12.8. The van der Waals surface area contributed by atoms with Crippen LogP contribution in [0.25, 0.3) is 10.9 Å². The molecule has 0 fully saturated rings. The van der Waals surface area contributed by atoms with E-state index in [4.69, 9.17) is 9.47 Å². The molecule has 0 radical (unpaired) electrons. The maximum atomic E-state index is 12.8. The van der Waals surface area contributed by atoms with Crippen molar-refractivity contribution in [1.29, 1.82) is 0 Å². The van der Waals surface area contributed by atoms with Crippen LogP contribution < -0.4 is 25.7 Å². The van der Waals surface area contributed by atoms with E-state index in [2.05, 4.69) is 15.6 Å². The zero-order valence-electron chi connectivity index (χ0n) is 16.2. The standard InChI is InChI=1S/C20H20N4O5/c1-12(25)22-13-5-4-6-14(7-13)23-19(26)10-24-11-21-16-9-18(29-3)17(28-2)8-15(16)20(24)27/h4-9,11H,10H2,1-3H3,(H,22,25)(H,23,26). The quantitative estimate of drug-likeness (QED) is 0.659. The van der Waals surface area contributed by atoms with E-state index in [1.165, 1.54) is 38.1 Å². The van der Waals surface area contributed by atoms with Crippen LogP contribution in [-0.4, -0.2) is 35.6 Å². The molecule has 0 bridgehead atoms. The molecule has 0 aliphatic heterocycles. The summed E-state index contributed by atoms with van der Waals surface area (Å²) in [5.41, 5.74) is 1.11. The summed E-state index contributed by atoms with van der Waals surface area (Å²) in [5, 5.41) is 5.65. The predicted molar refractivity (Wildman–Crippen MR) is 108 cm³/mol. The lowest BCUT2D eigenvalue weighted by atomic mass is 10.2. The van der Waals surface area contributed by atoms with Crippen molar-refractivity contribution in [2.45, 2.75) is 13.5 Å². The van der Waals surface area contributed by atoms with Gasteiger partial charge in [0, 0.05) is 24.4 Å². The van der Waals surface area contributed by atoms with Gasteiger partial charge in [0.05, 0.1) is 31.4 Å². The Balaban J connectivity index is 1.82. The summed E-state index contributed by atoms with van der Waals surface area (Å²) >= 11 is 0. The van der Waals surface area contributed by atoms with Crippen molar-refractivity contribution in [2.75, 3.05) is 24.9 Å². The molecule has 0 unspecified atom stereocenters. The van der Waals surface area contributed by atoms with E-state index < -0.39 is 5.91 Å². The number of anilines is 2. The number of rotatable bonds is 6. The van der Waals surface area contributed by atoms with Gasteiger partial charge in [-0.2, -0.15) is 0 Å². The van der Waals surface area contributed by atoms with Crippen LogP contribution in [-0.2, 0) is 16.1 Å². The van der Waals surface area contributed by atoms with Crippen molar-refractivity contribution in [3.8, 4) is 11.5 Å². The molecule has 0 saturated heterocycles. The number of fused-ring (bicyclic) bond motifs is 1. The molecule has 0 saturated carbocycles. The van der Waals surface area contributed by atoms with Gasteiger partial charge in [0.25, 0.3) is 5.56 Å². The molecule has 2 amide bonds. The summed E-state index contributed by atoms with van der Waals surface area (Å²) < 4.78 is 11.7. The van der Waals surface area contributed by atoms with Crippen LogP contribution in [0.3, 0.4) is 0 Å². The Kier molecular flexibility index (Phi) is 5.77. The molecular weight excluding hydrogens is 376 g/mol. The van der Waals surface area contributed by atoms with Gasteiger partial charge in [0.2, 0.25) is 11.8 Å². The zero-order valence-corrected chi connectivity index (χ0v) is 16.2. The number of aromatic nitrogens is 2. The van der Waals surface area contributed by atoms with E-state index >= 15 is 0 Å². The first-order valence-corrected chi connectivity index (χ1v) is 8.70. The molecule has 1 aromatic heterocycles. The number of methoxy groups -OCH3 is 2. The summed E-state index contributed by atoms with van der Waals surface area (Å²) in [6, 6.07) is 9.85. The lowest BCUT2D eigenvalue weighted by Gasteiger charge is -2.11. The Morgan fingerprint density at radius 2 is 1.69 bits per heavy atom. The Morgan fingerprint density at radius 1 is 1.03 bits per heavy atom. The number of carbonyl (C=O) groups is 2. The van der Waals surface area contributed by atoms with Crippen LogP contribution in [0.4, 0.5) is 11.4 Å². The van der Waals surface area contributed by atoms with Crippen molar-refractivity contribution >= 4 is 34.1 Å². The summed E-state index contributed by atoms with van der Waals surface area (Å²) in [5.74, 6) is 0.236. The van der Waals surface area contributed by atoms with Gasteiger partial charge < -0.3 is 20.1 Å². The van der Waals surface area contributed by atoms with Crippen LogP contribution in [0, 0.1) is 0 Å². The molecule has 29 heavy (non-hydrogen) atoms. The lowest BCUT2D eigenvalue weighted by molar-refractivity contribution is -0.117. The Labute approximate surface area is 166 Å². The van der Waals surface area contributed by atoms with Crippen molar-refractivity contribution in [3.63, 3.8) is 0 Å². The minimum absolute atomic E-state index is 0.214. The van der Waals surface area contributed by atoms with Gasteiger partial charge in [0.15, 0.2) is 11.5 Å². The van der Waals surface area contributed by atoms with Gasteiger partial charge in [0.1, 0.15) is 6.54 Å². The molecule has 1 heterocycles. The highest BCUT2D eigenvalue weighted by Gasteiger charge is 2.13. The summed E-state index contributed by atoms with van der Waals surface area (Å²) in [6.07, 6.45) is 1.31. The number of ether oxygens (including phenoxy) is 2. The van der Waals surface area contributed by atoms with Gasteiger partial charge in [-0.25, -0.2) is 4.98 Å². The third-order valence-corrected chi connectivity index (χ3v) is 4.11. The third kappa shape index (κ3) is 4.52. The van der Waals surface area contributed by atoms with Crippen LogP contribution in [0.5, 0.6) is 11.5 Å². The van der Waals surface area contributed by atoms with Gasteiger partial charge in [-0.3, -0.25) is 19.0 Å². The van der Waals surface area contributed by atoms with Crippen molar-refractivity contribution < 1.29 is 19.1 Å². The van der Waals surface area contributed by atoms with Gasteiger partial charge in [-0.1, -0.05) is 6.07 Å². The van der Waals surface area contributed by atoms with Gasteiger partial charge >= 0.3 is 0 Å². The molecule has 9 heteroatoms. The van der Waals surface area contributed by atoms with Crippen LogP contribution >= 0.6 is 0 Å². The molecule has 2 aromatic carbocycles. The second kappa shape index (κ2) is 8.42. The number of nitrogens with one attached hydrogen (secondary N) is 2. The highest BCUT2D eigenvalue weighted by molar-refractivity contribution is 5.93. The highest BCUT2D eigenvalue weighted by Crippen LogP contribution is 2.29. The molecule has 150 valence electrons. The average molecular weight is 396 g/mol. The molecule has 0 spiro atoms. The largest absolute Gasteiger partial charge is 0.493 e. The molecule has 3 aromatic rings. The monoisotopic (exact) mass is 396 g/mol. The molecule has 9 nitrogen and oxygen atoms in total. The van der Waals surface area contributed by atoms with E-state index in [1.807, 2.05) is 0 Å². The maximum Gasteiger partial charge on any atom is 0.261 e. The Morgan fingerprint density at radius 3 is 2.34 bits per heavy atom. The van der Waals surface area contributed by atoms with Crippen LogP contribution in [0.2, 0.25) is 0 Å². The topological polar surface area (TPSA) is 112 Å². The minimum Gasteiger partial charge on any atom is -0.493 e. The number of benzene rings is 2. The van der Waals surface area contributed by atoms with E-state index in [0.717, 1.165) is 0 Å². The first-order chi connectivity index (χ1) is 13.9.